The zero-order chi connectivity index (χ0) is 15.7. The predicted octanol–water partition coefficient (Wildman–Crippen LogP) is 2.02. The van der Waals surface area contributed by atoms with Gasteiger partial charge in [0, 0.05) is 19.5 Å². The molecule has 0 saturated carbocycles. The van der Waals surface area contributed by atoms with Crippen LogP contribution >= 0.6 is 0 Å². The minimum Gasteiger partial charge on any atom is -0.432 e. The first kappa shape index (κ1) is 16.8. The van der Waals surface area contributed by atoms with Gasteiger partial charge in [-0.3, -0.25) is 0 Å². The lowest BCUT2D eigenvalue weighted by atomic mass is 10.3. The Morgan fingerprint density at radius 2 is 1.76 bits per heavy atom. The van der Waals surface area contributed by atoms with Crippen LogP contribution in [0.4, 0.5) is 9.59 Å². The van der Waals surface area contributed by atoms with Crippen molar-refractivity contribution in [3.63, 3.8) is 0 Å². The van der Waals surface area contributed by atoms with E-state index in [1.54, 1.807) is 13.8 Å². The number of carbonyl (C=O) groups excluding carboxylic acids is 2. The molecule has 0 fully saturated rings. The van der Waals surface area contributed by atoms with Crippen LogP contribution in [-0.2, 0) is 23.7 Å². The molecule has 0 bridgehead atoms. The fourth-order valence-corrected chi connectivity index (χ4v) is 1.30. The molecule has 118 valence electrons. The van der Waals surface area contributed by atoms with Gasteiger partial charge in [0.2, 0.25) is 0 Å². The third kappa shape index (κ3) is 7.21. The Hall–Kier alpha value is -2.22. The first-order chi connectivity index (χ1) is 10.0. The highest BCUT2D eigenvalue weighted by atomic mass is 16.7. The number of nitrogens with one attached hydrogen (secondary N) is 1. The van der Waals surface area contributed by atoms with E-state index < -0.39 is 12.3 Å². The van der Waals surface area contributed by atoms with E-state index in [4.69, 9.17) is 23.7 Å². The Morgan fingerprint density at radius 1 is 1.14 bits per heavy atom. The summed E-state index contributed by atoms with van der Waals surface area (Å²) in [5.74, 6) is 0.523. The van der Waals surface area contributed by atoms with Crippen LogP contribution < -0.4 is 5.32 Å². The Kier molecular flexibility index (Phi) is 7.10. The molecule has 8 nitrogen and oxygen atoms in total. The second kappa shape index (κ2) is 8.85. The maximum atomic E-state index is 11.3. The SMILES string of the molecule is COCCOC(=O)OC1=CNC=C(OC(=O)OC(C)C)C1. The largest absolute Gasteiger partial charge is 0.513 e. The van der Waals surface area contributed by atoms with Crippen LogP contribution in [0.1, 0.15) is 20.3 Å². The third-order valence-corrected chi connectivity index (χ3v) is 2.11. The number of methoxy groups -OCH3 is 1. The van der Waals surface area contributed by atoms with Gasteiger partial charge in [0.25, 0.3) is 0 Å². The Labute approximate surface area is 122 Å². The quantitative estimate of drug-likeness (QED) is 0.588. The van der Waals surface area contributed by atoms with E-state index in [9.17, 15) is 9.59 Å². The summed E-state index contributed by atoms with van der Waals surface area (Å²) in [7, 11) is 1.49. The fourth-order valence-electron chi connectivity index (χ4n) is 1.30. The molecule has 1 aliphatic heterocycles. The van der Waals surface area contributed by atoms with Gasteiger partial charge in [-0.25, -0.2) is 9.59 Å². The molecule has 1 N–H and O–H groups in total. The van der Waals surface area contributed by atoms with Crippen LogP contribution in [-0.4, -0.2) is 38.7 Å². The zero-order valence-electron chi connectivity index (χ0n) is 12.2. The minimum absolute atomic E-state index is 0.0932. The summed E-state index contributed by atoms with van der Waals surface area (Å²) in [6.07, 6.45) is 1.09. The van der Waals surface area contributed by atoms with Crippen molar-refractivity contribution in [1.82, 2.24) is 5.32 Å². The molecule has 0 aromatic rings. The first-order valence-corrected chi connectivity index (χ1v) is 6.37. The standard InChI is InChI=1S/C13H19NO7/c1-9(2)19-13(16)21-11-6-10(7-14-8-11)20-12(15)18-5-4-17-3/h7-9,14H,4-6H2,1-3H3. The Morgan fingerprint density at radius 3 is 2.33 bits per heavy atom. The van der Waals surface area contributed by atoms with Crippen molar-refractivity contribution in [2.45, 2.75) is 26.4 Å². The summed E-state index contributed by atoms with van der Waals surface area (Å²) in [6, 6.07) is 0. The van der Waals surface area contributed by atoms with Crippen molar-refractivity contribution in [3.8, 4) is 0 Å². The second-order valence-corrected chi connectivity index (χ2v) is 4.28. The number of rotatable bonds is 6. The number of hydrogen-bond donors (Lipinski definition) is 1. The lowest BCUT2D eigenvalue weighted by Crippen LogP contribution is -2.18. The maximum absolute atomic E-state index is 11.3. The van der Waals surface area contributed by atoms with Crippen molar-refractivity contribution in [3.05, 3.63) is 23.9 Å². The van der Waals surface area contributed by atoms with Gasteiger partial charge in [-0.2, -0.15) is 0 Å². The highest BCUT2D eigenvalue weighted by Gasteiger charge is 2.18. The van der Waals surface area contributed by atoms with Crippen molar-refractivity contribution < 1.29 is 33.3 Å². The van der Waals surface area contributed by atoms with Crippen molar-refractivity contribution in [1.29, 1.82) is 0 Å². The molecular weight excluding hydrogens is 282 g/mol. The maximum Gasteiger partial charge on any atom is 0.513 e. The minimum atomic E-state index is -0.855. The van der Waals surface area contributed by atoms with Gasteiger partial charge in [-0.15, -0.1) is 0 Å². The summed E-state index contributed by atoms with van der Waals surface area (Å²) in [5.41, 5.74) is 0. The van der Waals surface area contributed by atoms with Crippen LogP contribution in [0.3, 0.4) is 0 Å². The first-order valence-electron chi connectivity index (χ1n) is 6.37. The topological polar surface area (TPSA) is 92.3 Å². The van der Waals surface area contributed by atoms with Gasteiger partial charge in [-0.05, 0) is 13.8 Å². The van der Waals surface area contributed by atoms with Crippen LogP contribution in [0.15, 0.2) is 23.9 Å². The number of hydrogen-bond acceptors (Lipinski definition) is 8. The van der Waals surface area contributed by atoms with Crippen molar-refractivity contribution in [2.24, 2.45) is 0 Å². The predicted molar refractivity (Wildman–Crippen MR) is 70.9 cm³/mol. The van der Waals surface area contributed by atoms with Crippen LogP contribution in [0.25, 0.3) is 0 Å². The molecule has 0 aromatic carbocycles. The highest BCUT2D eigenvalue weighted by Crippen LogP contribution is 2.17. The van der Waals surface area contributed by atoms with Crippen LogP contribution in [0.2, 0.25) is 0 Å². The number of dihydropyridines is 1. The summed E-state index contributed by atoms with van der Waals surface area (Å²) in [4.78, 5) is 22.7. The monoisotopic (exact) mass is 301 g/mol. The molecule has 8 heteroatoms. The van der Waals surface area contributed by atoms with Gasteiger partial charge >= 0.3 is 12.3 Å². The van der Waals surface area contributed by atoms with Crippen LogP contribution in [0.5, 0.6) is 0 Å². The van der Waals surface area contributed by atoms with E-state index in [-0.39, 0.29) is 37.3 Å². The van der Waals surface area contributed by atoms with Gasteiger partial charge in [0.1, 0.15) is 18.1 Å². The van der Waals surface area contributed by atoms with E-state index in [0.717, 1.165) is 0 Å². The van der Waals surface area contributed by atoms with E-state index >= 15 is 0 Å². The average Bonchev–Trinajstić information content (AvgIpc) is 2.38. The molecule has 0 amide bonds. The molecule has 0 atom stereocenters. The molecule has 0 radical (unpaired) electrons. The van der Waals surface area contributed by atoms with E-state index in [2.05, 4.69) is 5.32 Å². The van der Waals surface area contributed by atoms with Crippen LogP contribution in [0, 0.1) is 0 Å². The van der Waals surface area contributed by atoms with E-state index in [1.165, 1.54) is 19.5 Å². The molecule has 21 heavy (non-hydrogen) atoms. The van der Waals surface area contributed by atoms with Gasteiger partial charge < -0.3 is 29.0 Å². The van der Waals surface area contributed by atoms with E-state index in [1.807, 2.05) is 0 Å². The Balaban J connectivity index is 2.35. The van der Waals surface area contributed by atoms with E-state index in [0.29, 0.717) is 0 Å². The second-order valence-electron chi connectivity index (χ2n) is 4.28. The molecular formula is C13H19NO7. The molecule has 1 aliphatic rings. The molecule has 0 aromatic heterocycles. The lowest BCUT2D eigenvalue weighted by Gasteiger charge is -2.16. The molecule has 0 unspecified atom stereocenters. The highest BCUT2D eigenvalue weighted by molar-refractivity contribution is 5.63. The third-order valence-electron chi connectivity index (χ3n) is 2.11. The normalized spacial score (nSPS) is 13.7. The van der Waals surface area contributed by atoms with Crippen molar-refractivity contribution >= 4 is 12.3 Å². The lowest BCUT2D eigenvalue weighted by molar-refractivity contribution is 0.0446. The molecule has 0 spiro atoms. The Bertz CT molecular complexity index is 428. The van der Waals surface area contributed by atoms with Crippen molar-refractivity contribution in [2.75, 3.05) is 20.3 Å². The average molecular weight is 301 g/mol. The van der Waals surface area contributed by atoms with Gasteiger partial charge in [0.15, 0.2) is 0 Å². The summed E-state index contributed by atoms with van der Waals surface area (Å²) in [5, 5.41) is 2.70. The molecule has 0 saturated heterocycles. The zero-order valence-corrected chi connectivity index (χ0v) is 12.2. The molecule has 0 aliphatic carbocycles. The van der Waals surface area contributed by atoms with Gasteiger partial charge in [0.05, 0.1) is 19.1 Å². The summed E-state index contributed by atoms with van der Waals surface area (Å²) in [6.45, 7) is 3.79. The number of carbonyl (C=O) groups is 2. The van der Waals surface area contributed by atoms with Gasteiger partial charge in [-0.1, -0.05) is 0 Å². The molecule has 1 heterocycles. The fraction of sp³-hybridized carbons (Fsp3) is 0.538. The number of ether oxygens (including phenoxy) is 5. The summed E-state index contributed by atoms with van der Waals surface area (Å²) < 4.78 is 24.2. The molecule has 1 rings (SSSR count). The summed E-state index contributed by atoms with van der Waals surface area (Å²) >= 11 is 0. The smallest absolute Gasteiger partial charge is 0.432 e.